The smallest absolute Gasteiger partial charge is 0.187 e. The third-order valence-corrected chi connectivity index (χ3v) is 11.4. The molecule has 11 heteroatoms. The fourth-order valence-electron chi connectivity index (χ4n) is 8.04. The van der Waals surface area contributed by atoms with Crippen molar-refractivity contribution < 1.29 is 52.8 Å². The molecule has 0 spiro atoms. The second-order valence-electron chi connectivity index (χ2n) is 16.2. The van der Waals surface area contributed by atoms with Crippen molar-refractivity contribution >= 4 is 0 Å². The lowest BCUT2D eigenvalue weighted by Crippen LogP contribution is -2.66. The molecule has 2 saturated heterocycles. The molecule has 11 nitrogen and oxygen atoms in total. The molecular formula is C54H58O11. The van der Waals surface area contributed by atoms with Crippen LogP contribution in [0.5, 0.6) is 0 Å². The topological polar surface area (TPSA) is 124 Å². The summed E-state index contributed by atoms with van der Waals surface area (Å²) in [6, 6.07) is 58.9. The summed E-state index contributed by atoms with van der Waals surface area (Å²) in [4.78, 5) is 0. The van der Waals surface area contributed by atoms with Gasteiger partial charge in [0.1, 0.15) is 48.8 Å². The van der Waals surface area contributed by atoms with Crippen LogP contribution in [-0.2, 0) is 82.3 Å². The highest BCUT2D eigenvalue weighted by Crippen LogP contribution is 2.35. The number of benzene rings is 6. The van der Waals surface area contributed by atoms with Crippen LogP contribution in [0.1, 0.15) is 33.4 Å². The largest absolute Gasteiger partial charge is 0.387 e. The Labute approximate surface area is 381 Å². The quantitative estimate of drug-likeness (QED) is 0.0691. The Morgan fingerprint density at radius 1 is 0.338 bits per heavy atom. The maximum Gasteiger partial charge on any atom is 0.187 e. The molecule has 0 radical (unpaired) electrons. The first-order chi connectivity index (χ1) is 32.1. The molecule has 340 valence electrons. The van der Waals surface area contributed by atoms with Crippen LogP contribution in [0.3, 0.4) is 0 Å². The molecule has 0 aromatic heterocycles. The zero-order valence-electron chi connectivity index (χ0n) is 36.3. The first-order valence-corrected chi connectivity index (χ1v) is 22.3. The lowest BCUT2D eigenvalue weighted by molar-refractivity contribution is -0.371. The van der Waals surface area contributed by atoms with Crippen molar-refractivity contribution in [1.82, 2.24) is 0 Å². The van der Waals surface area contributed by atoms with Gasteiger partial charge in [0.05, 0.1) is 52.9 Å². The number of ether oxygens (including phenoxy) is 9. The zero-order chi connectivity index (χ0) is 44.5. The molecule has 2 aliphatic rings. The van der Waals surface area contributed by atoms with Gasteiger partial charge in [-0.3, -0.25) is 0 Å². The summed E-state index contributed by atoms with van der Waals surface area (Å²) in [5.41, 5.74) is 5.67. The number of aliphatic hydroxyl groups is 2. The standard InChI is InChI=1S/C54H58O11/c55-47-48(45(37-57-31-39-19-7-1-8-20-39)63-53(56)50(47)60-34-42-25-13-4-14-26-42)65-54-52(62-36-44-29-17-6-18-30-44)51(61-35-43-27-15-5-16-28-43)49(59-33-41-23-11-3-12-24-41)46(64-54)38-58-32-40-21-9-2-10-22-40/h1-30,45-56H,31-38H2/t45-,46-,47+,48-,49-,50-,51+,52-,53+,54-/m1/s1. The molecule has 0 unspecified atom stereocenters. The monoisotopic (exact) mass is 882 g/mol. The van der Waals surface area contributed by atoms with Gasteiger partial charge in [0, 0.05) is 0 Å². The third-order valence-electron chi connectivity index (χ3n) is 11.4. The van der Waals surface area contributed by atoms with Crippen LogP contribution in [-0.4, -0.2) is 84.8 Å². The number of hydrogen-bond donors (Lipinski definition) is 2. The first-order valence-electron chi connectivity index (χ1n) is 22.3. The second kappa shape index (κ2) is 24.4. The summed E-state index contributed by atoms with van der Waals surface area (Å²) in [7, 11) is 0. The van der Waals surface area contributed by atoms with E-state index in [9.17, 15) is 10.2 Å². The summed E-state index contributed by atoms with van der Waals surface area (Å²) in [5.74, 6) is 0. The third kappa shape index (κ3) is 13.5. The Kier molecular flexibility index (Phi) is 17.4. The molecule has 10 atom stereocenters. The predicted molar refractivity (Wildman–Crippen MR) is 243 cm³/mol. The highest BCUT2D eigenvalue weighted by atomic mass is 16.7. The SMILES string of the molecule is O[C@@H]1[C@@H](OCc2ccccc2)[C@@H](O)O[C@H](COCc2ccccc2)[C@H]1O[C@H]1O[C@H](COCc2ccccc2)[C@@H](OCc2ccccc2)[C@H](OCc2ccccc2)[C@H]1OCc1ccccc1. The van der Waals surface area contributed by atoms with Crippen molar-refractivity contribution in [3.05, 3.63) is 215 Å². The van der Waals surface area contributed by atoms with E-state index in [4.69, 9.17) is 42.6 Å². The maximum absolute atomic E-state index is 12.3. The summed E-state index contributed by atoms with van der Waals surface area (Å²) < 4.78 is 59.6. The molecule has 2 fully saturated rings. The molecule has 2 heterocycles. The molecule has 0 aliphatic carbocycles. The summed E-state index contributed by atoms with van der Waals surface area (Å²) >= 11 is 0. The second-order valence-corrected chi connectivity index (χ2v) is 16.2. The summed E-state index contributed by atoms with van der Waals surface area (Å²) in [6.07, 6.45) is -10.5. The average Bonchev–Trinajstić information content (AvgIpc) is 3.35. The Bertz CT molecular complexity index is 2200. The van der Waals surface area contributed by atoms with Gasteiger partial charge in [0.2, 0.25) is 0 Å². The van der Waals surface area contributed by atoms with Gasteiger partial charge in [0.15, 0.2) is 12.6 Å². The van der Waals surface area contributed by atoms with Crippen LogP contribution in [0.4, 0.5) is 0 Å². The molecule has 0 amide bonds. The molecule has 2 N–H and O–H groups in total. The summed E-state index contributed by atoms with van der Waals surface area (Å²) in [5, 5.41) is 23.7. The minimum absolute atomic E-state index is 0.0261. The Balaban J connectivity index is 1.13. The number of rotatable bonds is 22. The molecule has 0 saturated carbocycles. The van der Waals surface area contributed by atoms with Crippen LogP contribution in [0.25, 0.3) is 0 Å². The Morgan fingerprint density at radius 3 is 1.06 bits per heavy atom. The maximum atomic E-state index is 12.3. The minimum atomic E-state index is -1.49. The van der Waals surface area contributed by atoms with Crippen molar-refractivity contribution in [1.29, 1.82) is 0 Å². The van der Waals surface area contributed by atoms with Crippen LogP contribution in [0, 0.1) is 0 Å². The molecular weight excluding hydrogens is 825 g/mol. The van der Waals surface area contributed by atoms with E-state index in [0.717, 1.165) is 33.4 Å². The molecule has 6 aromatic carbocycles. The predicted octanol–water partition coefficient (Wildman–Crippen LogP) is 7.95. The van der Waals surface area contributed by atoms with E-state index < -0.39 is 61.4 Å². The van der Waals surface area contributed by atoms with Crippen molar-refractivity contribution in [2.45, 2.75) is 101 Å². The van der Waals surface area contributed by atoms with Gasteiger partial charge in [-0.2, -0.15) is 0 Å². The lowest BCUT2D eigenvalue weighted by Gasteiger charge is -2.49. The van der Waals surface area contributed by atoms with Crippen LogP contribution < -0.4 is 0 Å². The molecule has 65 heavy (non-hydrogen) atoms. The zero-order valence-corrected chi connectivity index (χ0v) is 36.3. The van der Waals surface area contributed by atoms with Crippen LogP contribution >= 0.6 is 0 Å². The van der Waals surface area contributed by atoms with Crippen LogP contribution in [0.2, 0.25) is 0 Å². The van der Waals surface area contributed by atoms with Crippen molar-refractivity contribution in [3.63, 3.8) is 0 Å². The van der Waals surface area contributed by atoms with E-state index in [1.807, 2.05) is 182 Å². The van der Waals surface area contributed by atoms with Gasteiger partial charge in [-0.05, 0) is 33.4 Å². The fourth-order valence-corrected chi connectivity index (χ4v) is 8.04. The molecule has 0 bridgehead atoms. The normalized spacial score (nSPS) is 25.6. The van der Waals surface area contributed by atoms with Gasteiger partial charge < -0.3 is 52.8 Å². The lowest BCUT2D eigenvalue weighted by atomic mass is 9.96. The van der Waals surface area contributed by atoms with E-state index in [2.05, 4.69) is 0 Å². The molecule has 2 aliphatic heterocycles. The first kappa shape index (κ1) is 46.4. The van der Waals surface area contributed by atoms with E-state index in [1.165, 1.54) is 0 Å². The Hall–Kier alpha value is -5.12. The van der Waals surface area contributed by atoms with Gasteiger partial charge in [-0.15, -0.1) is 0 Å². The highest BCUT2D eigenvalue weighted by Gasteiger charge is 2.53. The van der Waals surface area contributed by atoms with Gasteiger partial charge in [-0.25, -0.2) is 0 Å². The number of hydrogen-bond acceptors (Lipinski definition) is 11. The van der Waals surface area contributed by atoms with Gasteiger partial charge in [0.25, 0.3) is 0 Å². The number of aliphatic hydroxyl groups excluding tert-OH is 2. The van der Waals surface area contributed by atoms with Crippen LogP contribution in [0.15, 0.2) is 182 Å². The fraction of sp³-hybridized carbons (Fsp3) is 0.333. The van der Waals surface area contributed by atoms with Gasteiger partial charge >= 0.3 is 0 Å². The van der Waals surface area contributed by atoms with E-state index in [-0.39, 0.29) is 46.2 Å². The highest BCUT2D eigenvalue weighted by molar-refractivity contribution is 5.18. The van der Waals surface area contributed by atoms with Gasteiger partial charge in [-0.1, -0.05) is 182 Å². The Morgan fingerprint density at radius 2 is 0.662 bits per heavy atom. The van der Waals surface area contributed by atoms with Crippen molar-refractivity contribution in [2.75, 3.05) is 13.2 Å². The molecule has 6 aromatic rings. The van der Waals surface area contributed by atoms with E-state index in [1.54, 1.807) is 0 Å². The average molecular weight is 883 g/mol. The van der Waals surface area contributed by atoms with E-state index >= 15 is 0 Å². The van der Waals surface area contributed by atoms with Crippen molar-refractivity contribution in [2.24, 2.45) is 0 Å². The van der Waals surface area contributed by atoms with Crippen molar-refractivity contribution in [3.8, 4) is 0 Å². The summed E-state index contributed by atoms with van der Waals surface area (Å²) in [6.45, 7) is 1.49. The molecule has 8 rings (SSSR count). The minimum Gasteiger partial charge on any atom is -0.387 e. The van der Waals surface area contributed by atoms with E-state index in [0.29, 0.717) is 6.61 Å².